The summed E-state index contributed by atoms with van der Waals surface area (Å²) < 4.78 is 10.4. The van der Waals surface area contributed by atoms with Gasteiger partial charge in [-0.25, -0.2) is 4.79 Å². The SMILES string of the molecule is CCOC(=O)c1[nH]c(C)c(CCC(=O)N2CCC(C(=O)N[C@@H](C)Cc3ccco3)CC2)c1C. The number of aryl methyl sites for hydroxylation is 1. The Kier molecular flexibility index (Phi) is 8.36. The number of H-pyrrole nitrogens is 1. The first-order valence-electron chi connectivity index (χ1n) is 11.8. The third-order valence-corrected chi connectivity index (χ3v) is 6.36. The molecule has 3 heterocycles. The van der Waals surface area contributed by atoms with E-state index >= 15 is 0 Å². The summed E-state index contributed by atoms with van der Waals surface area (Å²) in [4.78, 5) is 42.4. The maximum Gasteiger partial charge on any atom is 0.355 e. The normalized spacial score (nSPS) is 15.3. The Hall–Kier alpha value is -3.03. The van der Waals surface area contributed by atoms with Gasteiger partial charge >= 0.3 is 5.97 Å². The second-order valence-corrected chi connectivity index (χ2v) is 8.80. The van der Waals surface area contributed by atoms with Crippen LogP contribution in [0.25, 0.3) is 0 Å². The first-order chi connectivity index (χ1) is 15.8. The number of aromatic amines is 1. The summed E-state index contributed by atoms with van der Waals surface area (Å²) >= 11 is 0. The molecule has 2 aromatic rings. The van der Waals surface area contributed by atoms with Gasteiger partial charge in [0.25, 0.3) is 0 Å². The fourth-order valence-corrected chi connectivity index (χ4v) is 4.49. The second-order valence-electron chi connectivity index (χ2n) is 8.80. The average molecular weight is 458 g/mol. The second kappa shape index (κ2) is 11.2. The van der Waals surface area contributed by atoms with Gasteiger partial charge in [-0.2, -0.15) is 0 Å². The summed E-state index contributed by atoms with van der Waals surface area (Å²) in [5.74, 6) is 0.540. The Bertz CT molecular complexity index is 955. The number of esters is 1. The number of carbonyl (C=O) groups is 3. The molecule has 0 aliphatic carbocycles. The van der Waals surface area contributed by atoms with Crippen LogP contribution >= 0.6 is 0 Å². The Morgan fingerprint density at radius 2 is 2.00 bits per heavy atom. The van der Waals surface area contributed by atoms with Crippen molar-refractivity contribution >= 4 is 17.8 Å². The average Bonchev–Trinajstić information content (AvgIpc) is 3.39. The molecule has 3 rings (SSSR count). The minimum Gasteiger partial charge on any atom is -0.469 e. The summed E-state index contributed by atoms with van der Waals surface area (Å²) in [6.07, 6.45) is 4.57. The number of piperidine rings is 1. The van der Waals surface area contributed by atoms with Crippen molar-refractivity contribution < 1.29 is 23.5 Å². The molecular formula is C25H35N3O5. The third kappa shape index (κ3) is 6.27. The standard InChI is InChI=1S/C25H35N3O5/c1-5-32-25(31)23-17(3)21(18(4)27-23)8-9-22(29)28-12-10-19(11-13-28)24(30)26-16(2)15-20-7-6-14-33-20/h6-7,14,16,19,27H,5,8-13,15H2,1-4H3,(H,26,30)/t16-/m0/s1. The number of furan rings is 1. The number of likely N-dealkylation sites (tertiary alicyclic amines) is 1. The highest BCUT2D eigenvalue weighted by atomic mass is 16.5. The molecule has 0 unspecified atom stereocenters. The van der Waals surface area contributed by atoms with E-state index in [0.29, 0.717) is 57.5 Å². The minimum absolute atomic E-state index is 0.00404. The molecule has 0 aromatic carbocycles. The molecule has 33 heavy (non-hydrogen) atoms. The van der Waals surface area contributed by atoms with Crippen LogP contribution in [0.1, 0.15) is 66.2 Å². The Morgan fingerprint density at radius 1 is 1.27 bits per heavy atom. The van der Waals surface area contributed by atoms with Crippen molar-refractivity contribution in [3.8, 4) is 0 Å². The number of carbonyl (C=O) groups excluding carboxylic acids is 3. The van der Waals surface area contributed by atoms with Crippen LogP contribution in [0, 0.1) is 19.8 Å². The maximum atomic E-state index is 12.8. The number of ether oxygens (including phenoxy) is 1. The van der Waals surface area contributed by atoms with Crippen LogP contribution in [0.15, 0.2) is 22.8 Å². The molecule has 8 heteroatoms. The zero-order valence-electron chi connectivity index (χ0n) is 20.0. The number of amides is 2. The topological polar surface area (TPSA) is 105 Å². The molecule has 0 spiro atoms. The number of hydrogen-bond donors (Lipinski definition) is 2. The fourth-order valence-electron chi connectivity index (χ4n) is 4.49. The van der Waals surface area contributed by atoms with E-state index in [9.17, 15) is 14.4 Å². The van der Waals surface area contributed by atoms with E-state index in [1.807, 2.05) is 37.8 Å². The largest absolute Gasteiger partial charge is 0.469 e. The van der Waals surface area contributed by atoms with Gasteiger partial charge < -0.3 is 24.4 Å². The van der Waals surface area contributed by atoms with Crippen molar-refractivity contribution in [1.29, 1.82) is 0 Å². The van der Waals surface area contributed by atoms with E-state index < -0.39 is 0 Å². The zero-order valence-corrected chi connectivity index (χ0v) is 20.0. The monoisotopic (exact) mass is 457 g/mol. The molecule has 1 fully saturated rings. The van der Waals surface area contributed by atoms with Crippen molar-refractivity contribution in [3.05, 3.63) is 46.7 Å². The lowest BCUT2D eigenvalue weighted by molar-refractivity contribution is -0.135. The Labute approximate surface area is 195 Å². The van der Waals surface area contributed by atoms with Crippen LogP contribution in [0.4, 0.5) is 0 Å². The Morgan fingerprint density at radius 3 is 2.64 bits per heavy atom. The van der Waals surface area contributed by atoms with Crippen molar-refractivity contribution in [3.63, 3.8) is 0 Å². The number of rotatable bonds is 9. The van der Waals surface area contributed by atoms with Gasteiger partial charge in [0.1, 0.15) is 11.5 Å². The summed E-state index contributed by atoms with van der Waals surface area (Å²) in [5, 5.41) is 3.07. The van der Waals surface area contributed by atoms with E-state index in [0.717, 1.165) is 22.6 Å². The molecule has 1 aliphatic heterocycles. The van der Waals surface area contributed by atoms with Gasteiger partial charge in [0.05, 0.1) is 12.9 Å². The summed E-state index contributed by atoms with van der Waals surface area (Å²) in [7, 11) is 0. The van der Waals surface area contributed by atoms with E-state index in [1.54, 1.807) is 13.2 Å². The van der Waals surface area contributed by atoms with Gasteiger partial charge in [-0.05, 0) is 70.2 Å². The summed E-state index contributed by atoms with van der Waals surface area (Å²) in [5.41, 5.74) is 3.19. The lowest BCUT2D eigenvalue weighted by Crippen LogP contribution is -2.45. The summed E-state index contributed by atoms with van der Waals surface area (Å²) in [6.45, 7) is 9.03. The lowest BCUT2D eigenvalue weighted by Gasteiger charge is -2.32. The van der Waals surface area contributed by atoms with Gasteiger partial charge in [0, 0.05) is 43.6 Å². The highest BCUT2D eigenvalue weighted by molar-refractivity contribution is 5.90. The number of nitrogens with zero attached hydrogens (tertiary/aromatic N) is 1. The van der Waals surface area contributed by atoms with Gasteiger partial charge in [-0.15, -0.1) is 0 Å². The molecule has 2 N–H and O–H groups in total. The molecule has 1 atom stereocenters. The number of nitrogens with one attached hydrogen (secondary N) is 2. The Balaban J connectivity index is 1.45. The third-order valence-electron chi connectivity index (χ3n) is 6.36. The van der Waals surface area contributed by atoms with Gasteiger partial charge in [-0.3, -0.25) is 9.59 Å². The predicted octanol–water partition coefficient (Wildman–Crippen LogP) is 3.32. The van der Waals surface area contributed by atoms with E-state index in [-0.39, 0.29) is 29.7 Å². The van der Waals surface area contributed by atoms with Crippen LogP contribution in [-0.2, 0) is 27.2 Å². The van der Waals surface area contributed by atoms with Crippen LogP contribution in [0.3, 0.4) is 0 Å². The van der Waals surface area contributed by atoms with Crippen molar-refractivity contribution in [2.24, 2.45) is 5.92 Å². The first kappa shape index (κ1) is 24.6. The molecule has 8 nitrogen and oxygen atoms in total. The maximum absolute atomic E-state index is 12.8. The summed E-state index contributed by atoms with van der Waals surface area (Å²) in [6, 6.07) is 3.74. The van der Waals surface area contributed by atoms with Crippen molar-refractivity contribution in [1.82, 2.24) is 15.2 Å². The minimum atomic E-state index is -0.366. The van der Waals surface area contributed by atoms with Crippen molar-refractivity contribution in [2.45, 2.75) is 65.8 Å². The quantitative estimate of drug-likeness (QED) is 0.562. The molecule has 0 bridgehead atoms. The van der Waals surface area contributed by atoms with E-state index in [4.69, 9.17) is 9.15 Å². The lowest BCUT2D eigenvalue weighted by atomic mass is 9.95. The highest BCUT2D eigenvalue weighted by Crippen LogP contribution is 2.22. The number of hydrogen-bond acceptors (Lipinski definition) is 5. The van der Waals surface area contributed by atoms with Gasteiger partial charge in [-0.1, -0.05) is 0 Å². The first-order valence-corrected chi connectivity index (χ1v) is 11.8. The van der Waals surface area contributed by atoms with E-state index in [1.165, 1.54) is 0 Å². The van der Waals surface area contributed by atoms with Crippen LogP contribution in [-0.4, -0.2) is 53.4 Å². The molecule has 1 aliphatic rings. The van der Waals surface area contributed by atoms with E-state index in [2.05, 4.69) is 10.3 Å². The molecule has 1 saturated heterocycles. The smallest absolute Gasteiger partial charge is 0.355 e. The van der Waals surface area contributed by atoms with Crippen LogP contribution in [0.2, 0.25) is 0 Å². The van der Waals surface area contributed by atoms with Gasteiger partial charge in [0.15, 0.2) is 0 Å². The van der Waals surface area contributed by atoms with Crippen molar-refractivity contribution in [2.75, 3.05) is 19.7 Å². The molecular weight excluding hydrogens is 422 g/mol. The molecule has 0 radical (unpaired) electrons. The zero-order chi connectivity index (χ0) is 24.0. The fraction of sp³-hybridized carbons (Fsp3) is 0.560. The molecule has 180 valence electrons. The van der Waals surface area contributed by atoms with Gasteiger partial charge in [0.2, 0.25) is 11.8 Å². The predicted molar refractivity (Wildman–Crippen MR) is 124 cm³/mol. The van der Waals surface area contributed by atoms with Crippen LogP contribution < -0.4 is 5.32 Å². The van der Waals surface area contributed by atoms with Crippen LogP contribution in [0.5, 0.6) is 0 Å². The number of aromatic nitrogens is 1. The molecule has 2 amide bonds. The molecule has 0 saturated carbocycles. The highest BCUT2D eigenvalue weighted by Gasteiger charge is 2.28. The molecule has 2 aromatic heterocycles.